The van der Waals surface area contributed by atoms with Gasteiger partial charge in [0.25, 0.3) is 5.91 Å². The van der Waals surface area contributed by atoms with Gasteiger partial charge >= 0.3 is 0 Å². The van der Waals surface area contributed by atoms with Gasteiger partial charge in [0, 0.05) is 23.6 Å². The summed E-state index contributed by atoms with van der Waals surface area (Å²) in [4.78, 5) is 14.3. The van der Waals surface area contributed by atoms with Gasteiger partial charge in [-0.3, -0.25) is 4.79 Å². The fourth-order valence-corrected chi connectivity index (χ4v) is 5.74. The van der Waals surface area contributed by atoms with E-state index >= 15 is 0 Å². The number of thioether (sulfide) groups is 1. The van der Waals surface area contributed by atoms with Crippen LogP contribution in [0.2, 0.25) is 0 Å². The largest absolute Gasteiger partial charge is 0.336 e. The van der Waals surface area contributed by atoms with E-state index < -0.39 is 0 Å². The van der Waals surface area contributed by atoms with Crippen molar-refractivity contribution in [2.45, 2.75) is 18.6 Å². The maximum absolute atomic E-state index is 12.4. The Hall–Kier alpha value is 0.480. The monoisotopic (exact) mass is 397 g/mol. The van der Waals surface area contributed by atoms with E-state index in [0.717, 1.165) is 32.0 Å². The predicted octanol–water partition coefficient (Wildman–Crippen LogP) is 4.24. The number of halogens is 2. The second-order valence-corrected chi connectivity index (χ2v) is 10.1. The Labute approximate surface area is 126 Å². The van der Waals surface area contributed by atoms with Crippen LogP contribution in [0.5, 0.6) is 0 Å². The Morgan fingerprint density at radius 3 is 2.71 bits per heavy atom. The minimum atomic E-state index is 0.132. The number of carbonyl (C=O) groups excluding carboxylic acids is 1. The first-order chi connectivity index (χ1) is 7.89. The van der Waals surface area contributed by atoms with E-state index in [1.165, 1.54) is 0 Å². The average Bonchev–Trinajstić information content (AvgIpc) is 2.55. The third kappa shape index (κ3) is 3.28. The molecular formula is C11H13Br2NOS2. The van der Waals surface area contributed by atoms with Crippen molar-refractivity contribution in [3.05, 3.63) is 19.2 Å². The second kappa shape index (κ2) is 5.23. The molecule has 1 aliphatic heterocycles. The van der Waals surface area contributed by atoms with Crippen molar-refractivity contribution < 1.29 is 4.79 Å². The number of rotatable bonds is 1. The Morgan fingerprint density at radius 2 is 2.18 bits per heavy atom. The molecule has 0 saturated carbocycles. The average molecular weight is 399 g/mol. The van der Waals surface area contributed by atoms with Gasteiger partial charge < -0.3 is 4.90 Å². The van der Waals surface area contributed by atoms with Crippen LogP contribution in [0.1, 0.15) is 24.2 Å². The van der Waals surface area contributed by atoms with Crippen molar-refractivity contribution >= 4 is 60.9 Å². The summed E-state index contributed by atoms with van der Waals surface area (Å²) >= 11 is 10.3. The van der Waals surface area contributed by atoms with Gasteiger partial charge in [-0.25, -0.2) is 0 Å². The summed E-state index contributed by atoms with van der Waals surface area (Å²) in [6, 6.07) is 1.89. The summed E-state index contributed by atoms with van der Waals surface area (Å²) in [7, 11) is 0. The summed E-state index contributed by atoms with van der Waals surface area (Å²) in [5.74, 6) is 1.15. The molecular weight excluding hydrogens is 386 g/mol. The van der Waals surface area contributed by atoms with E-state index in [9.17, 15) is 4.79 Å². The van der Waals surface area contributed by atoms with Crippen LogP contribution in [-0.4, -0.2) is 34.4 Å². The van der Waals surface area contributed by atoms with Crippen LogP contribution in [0.15, 0.2) is 13.6 Å². The Morgan fingerprint density at radius 1 is 1.47 bits per heavy atom. The van der Waals surface area contributed by atoms with Crippen molar-refractivity contribution in [1.29, 1.82) is 0 Å². The van der Waals surface area contributed by atoms with Crippen LogP contribution < -0.4 is 0 Å². The zero-order chi connectivity index (χ0) is 12.6. The summed E-state index contributed by atoms with van der Waals surface area (Å²) in [5.41, 5.74) is 0.768. The fraction of sp³-hybridized carbons (Fsp3) is 0.545. The zero-order valence-corrected chi connectivity index (χ0v) is 14.4. The summed E-state index contributed by atoms with van der Waals surface area (Å²) in [6.07, 6.45) is 0. The lowest BCUT2D eigenvalue weighted by Gasteiger charge is -2.37. The van der Waals surface area contributed by atoms with Gasteiger partial charge in [0.2, 0.25) is 0 Å². The van der Waals surface area contributed by atoms with Gasteiger partial charge in [0.15, 0.2) is 0 Å². The van der Waals surface area contributed by atoms with E-state index in [2.05, 4.69) is 45.7 Å². The van der Waals surface area contributed by atoms with Crippen LogP contribution in [-0.2, 0) is 0 Å². The molecule has 0 atom stereocenters. The summed E-state index contributed by atoms with van der Waals surface area (Å²) < 4.78 is 2.05. The Balaban J connectivity index is 2.18. The number of carbonyl (C=O) groups is 1. The lowest BCUT2D eigenvalue weighted by atomic mass is 10.1. The zero-order valence-electron chi connectivity index (χ0n) is 9.63. The highest BCUT2D eigenvalue weighted by molar-refractivity contribution is 9.12. The predicted molar refractivity (Wildman–Crippen MR) is 82.2 cm³/mol. The minimum Gasteiger partial charge on any atom is -0.336 e. The minimum absolute atomic E-state index is 0.132. The van der Waals surface area contributed by atoms with E-state index in [-0.39, 0.29) is 10.7 Å². The van der Waals surface area contributed by atoms with E-state index in [4.69, 9.17) is 0 Å². The van der Waals surface area contributed by atoms with Crippen molar-refractivity contribution in [2.75, 3.05) is 18.8 Å². The molecule has 2 rings (SSSR count). The first-order valence-corrected chi connectivity index (χ1v) is 8.66. The van der Waals surface area contributed by atoms with Gasteiger partial charge in [0.05, 0.1) is 13.1 Å². The van der Waals surface area contributed by atoms with E-state index in [1.54, 1.807) is 11.3 Å². The van der Waals surface area contributed by atoms with Gasteiger partial charge in [-0.15, -0.1) is 11.3 Å². The highest BCUT2D eigenvalue weighted by Crippen LogP contribution is 2.35. The molecule has 1 aromatic rings. The van der Waals surface area contributed by atoms with Gasteiger partial charge in [-0.2, -0.15) is 11.8 Å². The molecule has 0 unspecified atom stereocenters. The SMILES string of the molecule is CC1(C)CN(C(=O)c2cc(Br)sc2Br)CCS1. The van der Waals surface area contributed by atoms with E-state index in [0.29, 0.717) is 0 Å². The molecule has 0 bridgehead atoms. The quantitative estimate of drug-likeness (QED) is 0.704. The molecule has 0 aromatic carbocycles. The summed E-state index contributed by atoms with van der Waals surface area (Å²) in [6.45, 7) is 6.04. The third-order valence-corrected chi connectivity index (χ3v) is 6.24. The maximum atomic E-state index is 12.4. The van der Waals surface area contributed by atoms with Crippen LogP contribution >= 0.6 is 55.0 Å². The third-order valence-electron chi connectivity index (χ3n) is 2.60. The molecule has 1 amide bonds. The Kier molecular flexibility index (Phi) is 4.28. The standard InChI is InChI=1S/C11H13Br2NOS2/c1-11(2)6-14(3-4-16-11)10(15)7-5-8(12)17-9(7)13/h5H,3-4,6H2,1-2H3. The lowest BCUT2D eigenvalue weighted by molar-refractivity contribution is 0.0748. The molecule has 0 radical (unpaired) electrons. The molecule has 2 heterocycles. The molecule has 1 saturated heterocycles. The highest BCUT2D eigenvalue weighted by atomic mass is 79.9. The smallest absolute Gasteiger partial charge is 0.255 e. The topological polar surface area (TPSA) is 20.3 Å². The first-order valence-electron chi connectivity index (χ1n) is 5.27. The van der Waals surface area contributed by atoms with Crippen LogP contribution in [0.25, 0.3) is 0 Å². The molecule has 17 heavy (non-hydrogen) atoms. The molecule has 6 heteroatoms. The molecule has 1 fully saturated rings. The molecule has 0 N–H and O–H groups in total. The van der Waals surface area contributed by atoms with Gasteiger partial charge in [-0.1, -0.05) is 0 Å². The number of amides is 1. The van der Waals surface area contributed by atoms with Crippen LogP contribution in [0.3, 0.4) is 0 Å². The van der Waals surface area contributed by atoms with Crippen molar-refractivity contribution in [2.24, 2.45) is 0 Å². The van der Waals surface area contributed by atoms with Crippen LogP contribution in [0, 0.1) is 0 Å². The molecule has 0 aliphatic carbocycles. The van der Waals surface area contributed by atoms with E-state index in [1.807, 2.05) is 22.7 Å². The van der Waals surface area contributed by atoms with Gasteiger partial charge in [-0.05, 0) is 51.8 Å². The van der Waals surface area contributed by atoms with Crippen LogP contribution in [0.4, 0.5) is 0 Å². The molecule has 94 valence electrons. The number of nitrogens with zero attached hydrogens (tertiary/aromatic N) is 1. The van der Waals surface area contributed by atoms with Crippen molar-refractivity contribution in [3.8, 4) is 0 Å². The number of hydrogen-bond donors (Lipinski definition) is 0. The molecule has 1 aliphatic rings. The Bertz CT molecular complexity index is 445. The lowest BCUT2D eigenvalue weighted by Crippen LogP contribution is -2.46. The highest BCUT2D eigenvalue weighted by Gasteiger charge is 2.31. The fourth-order valence-electron chi connectivity index (χ4n) is 1.85. The molecule has 2 nitrogen and oxygen atoms in total. The van der Waals surface area contributed by atoms with Crippen molar-refractivity contribution in [3.63, 3.8) is 0 Å². The first kappa shape index (κ1) is 13.9. The number of thiophene rings is 1. The second-order valence-electron chi connectivity index (χ2n) is 4.57. The summed E-state index contributed by atoms with van der Waals surface area (Å²) in [5, 5.41) is 0. The molecule has 0 spiro atoms. The van der Waals surface area contributed by atoms with Crippen molar-refractivity contribution in [1.82, 2.24) is 4.90 Å². The number of hydrogen-bond acceptors (Lipinski definition) is 3. The van der Waals surface area contributed by atoms with Gasteiger partial charge in [0.1, 0.15) is 0 Å². The normalized spacial score (nSPS) is 19.4. The molecule has 1 aromatic heterocycles. The maximum Gasteiger partial charge on any atom is 0.255 e.